The molecule has 1 fully saturated rings. The van der Waals surface area contributed by atoms with E-state index in [1.807, 2.05) is 30.3 Å². The Balaban J connectivity index is 1.52. The summed E-state index contributed by atoms with van der Waals surface area (Å²) in [5.74, 6) is -1.62. The predicted octanol–water partition coefficient (Wildman–Crippen LogP) is 6.47. The number of carbonyl (C=O) groups is 1. The van der Waals surface area contributed by atoms with Crippen molar-refractivity contribution in [2.24, 2.45) is 11.1 Å². The van der Waals surface area contributed by atoms with Gasteiger partial charge in [-0.2, -0.15) is 5.10 Å². The fourth-order valence-electron chi connectivity index (χ4n) is 4.97. The first-order valence-corrected chi connectivity index (χ1v) is 15.4. The zero-order valence-electron chi connectivity index (χ0n) is 22.5. The van der Waals surface area contributed by atoms with E-state index in [0.717, 1.165) is 40.8 Å². The standard InChI is InChI=1S/C31H26F2N4O3S2/c1-17-5-9-21(15-24(17)32)20-3-2-4-22(14-20)29-23(11-19-8-10-28(42(34)40)25(33)12-19)27(13-18-6-7-18)37(36-29)31-35-26(16-41-31)30(38)39/h2-5,8-10,12,14-16,18H,6-7,11,13,34H2,1H3,(H,38,39). The number of aromatic nitrogens is 3. The van der Waals surface area contributed by atoms with Crippen LogP contribution in [0.2, 0.25) is 0 Å². The first-order valence-electron chi connectivity index (χ1n) is 13.3. The number of halogens is 2. The topological polar surface area (TPSA) is 117 Å². The van der Waals surface area contributed by atoms with Crippen LogP contribution in [0.3, 0.4) is 0 Å². The molecule has 5 aromatic rings. The third-order valence-electron chi connectivity index (χ3n) is 7.40. The second kappa shape index (κ2) is 11.4. The minimum Gasteiger partial charge on any atom is -0.593 e. The Bertz CT molecular complexity index is 1810. The molecule has 3 aromatic carbocycles. The van der Waals surface area contributed by atoms with Gasteiger partial charge < -0.3 is 9.66 Å². The molecular formula is C31H26F2N4O3S2. The van der Waals surface area contributed by atoms with Crippen LogP contribution in [0.1, 0.15) is 45.7 Å². The highest BCUT2D eigenvalue weighted by Crippen LogP contribution is 2.39. The van der Waals surface area contributed by atoms with Crippen LogP contribution in [0.25, 0.3) is 27.5 Å². The van der Waals surface area contributed by atoms with Crippen molar-refractivity contribution in [2.75, 3.05) is 0 Å². The molecule has 1 saturated carbocycles. The van der Waals surface area contributed by atoms with Gasteiger partial charge in [-0.1, -0.05) is 36.4 Å². The maximum Gasteiger partial charge on any atom is 0.355 e. The highest BCUT2D eigenvalue weighted by Gasteiger charge is 2.29. The van der Waals surface area contributed by atoms with Gasteiger partial charge >= 0.3 is 5.97 Å². The van der Waals surface area contributed by atoms with Crippen LogP contribution in [0.15, 0.2) is 70.9 Å². The first kappa shape index (κ1) is 28.2. The summed E-state index contributed by atoms with van der Waals surface area (Å²) < 4.78 is 42.7. The first-order chi connectivity index (χ1) is 20.2. The summed E-state index contributed by atoms with van der Waals surface area (Å²) in [6.07, 6.45) is 3.14. The molecule has 0 spiro atoms. The molecule has 3 N–H and O–H groups in total. The van der Waals surface area contributed by atoms with E-state index in [2.05, 4.69) is 4.98 Å². The Hall–Kier alpha value is -3.90. The molecule has 1 aliphatic rings. The lowest BCUT2D eigenvalue weighted by Gasteiger charge is -2.11. The van der Waals surface area contributed by atoms with Gasteiger partial charge in [0.15, 0.2) is 11.5 Å². The van der Waals surface area contributed by atoms with Gasteiger partial charge in [0.1, 0.15) is 5.82 Å². The Labute approximate surface area is 248 Å². The lowest BCUT2D eigenvalue weighted by Crippen LogP contribution is -2.14. The highest BCUT2D eigenvalue weighted by molar-refractivity contribution is 7.89. The number of aromatic carboxylic acids is 1. The van der Waals surface area contributed by atoms with Crippen molar-refractivity contribution in [3.63, 3.8) is 0 Å². The average molecular weight is 605 g/mol. The van der Waals surface area contributed by atoms with Crippen molar-refractivity contribution in [1.29, 1.82) is 0 Å². The Morgan fingerprint density at radius 1 is 1.10 bits per heavy atom. The van der Waals surface area contributed by atoms with E-state index in [1.165, 1.54) is 34.9 Å². The minimum atomic E-state index is -1.95. The third-order valence-corrected chi connectivity index (χ3v) is 8.98. The predicted molar refractivity (Wildman–Crippen MR) is 158 cm³/mol. The van der Waals surface area contributed by atoms with Gasteiger partial charge in [0.2, 0.25) is 10.0 Å². The van der Waals surface area contributed by atoms with Crippen molar-refractivity contribution < 1.29 is 23.2 Å². The number of rotatable bonds is 9. The van der Waals surface area contributed by atoms with Crippen LogP contribution < -0.4 is 5.14 Å². The van der Waals surface area contributed by atoms with Crippen LogP contribution in [0.5, 0.6) is 0 Å². The molecule has 2 heterocycles. The van der Waals surface area contributed by atoms with Gasteiger partial charge in [-0.15, -0.1) is 16.5 Å². The van der Waals surface area contributed by atoms with Crippen molar-refractivity contribution in [1.82, 2.24) is 14.8 Å². The Morgan fingerprint density at radius 3 is 2.52 bits per heavy atom. The summed E-state index contributed by atoms with van der Waals surface area (Å²) in [4.78, 5) is 15.8. The fraction of sp³-hybridized carbons (Fsp3) is 0.194. The average Bonchev–Trinajstić information content (AvgIpc) is 3.52. The summed E-state index contributed by atoms with van der Waals surface area (Å²) in [6, 6.07) is 17.2. The minimum absolute atomic E-state index is 0.0678. The zero-order valence-corrected chi connectivity index (χ0v) is 24.1. The number of benzene rings is 3. The molecule has 11 heteroatoms. The van der Waals surface area contributed by atoms with E-state index in [0.29, 0.717) is 40.7 Å². The van der Waals surface area contributed by atoms with E-state index in [9.17, 15) is 23.2 Å². The van der Waals surface area contributed by atoms with E-state index in [1.54, 1.807) is 23.7 Å². The number of aryl methyl sites for hydroxylation is 1. The van der Waals surface area contributed by atoms with Gasteiger partial charge in [-0.25, -0.2) is 23.2 Å². The molecule has 0 saturated heterocycles. The van der Waals surface area contributed by atoms with Gasteiger partial charge in [0.25, 0.3) is 0 Å². The molecular weight excluding hydrogens is 578 g/mol. The van der Waals surface area contributed by atoms with Gasteiger partial charge in [0, 0.05) is 22.9 Å². The van der Waals surface area contributed by atoms with Crippen molar-refractivity contribution >= 4 is 28.7 Å². The normalized spacial score (nSPS) is 13.8. The number of carboxylic acid groups (broad SMARTS) is 1. The summed E-state index contributed by atoms with van der Waals surface area (Å²) in [6.45, 7) is 1.71. The lowest BCUT2D eigenvalue weighted by atomic mass is 9.95. The van der Waals surface area contributed by atoms with Crippen LogP contribution in [0, 0.1) is 24.5 Å². The van der Waals surface area contributed by atoms with Crippen LogP contribution in [0.4, 0.5) is 8.78 Å². The number of nitrogens with two attached hydrogens (primary N) is 1. The third kappa shape index (κ3) is 5.73. The number of nitrogens with zero attached hydrogens (tertiary/aromatic N) is 3. The molecule has 2 aromatic heterocycles. The van der Waals surface area contributed by atoms with Gasteiger partial charge in [0.05, 0.1) is 22.7 Å². The van der Waals surface area contributed by atoms with Crippen LogP contribution in [-0.2, 0) is 24.2 Å². The highest BCUT2D eigenvalue weighted by atomic mass is 32.2. The van der Waals surface area contributed by atoms with Crippen LogP contribution in [-0.4, -0.2) is 30.4 Å². The van der Waals surface area contributed by atoms with E-state index in [4.69, 9.17) is 10.2 Å². The number of thiazole rings is 1. The maximum absolute atomic E-state index is 14.8. The van der Waals surface area contributed by atoms with Gasteiger partial charge in [-0.3, -0.25) is 0 Å². The van der Waals surface area contributed by atoms with E-state index < -0.39 is 23.1 Å². The van der Waals surface area contributed by atoms with Crippen molar-refractivity contribution in [3.05, 3.63) is 106 Å². The summed E-state index contributed by atoms with van der Waals surface area (Å²) in [5, 5.41) is 21.8. The Morgan fingerprint density at radius 2 is 1.86 bits per heavy atom. The molecule has 0 amide bonds. The van der Waals surface area contributed by atoms with E-state index in [-0.39, 0.29) is 16.4 Å². The quantitative estimate of drug-likeness (QED) is 0.186. The lowest BCUT2D eigenvalue weighted by molar-refractivity contribution is 0.0691. The molecule has 214 valence electrons. The fourth-order valence-corrected chi connectivity index (χ4v) is 6.19. The van der Waals surface area contributed by atoms with Crippen LogP contribution >= 0.6 is 11.3 Å². The number of hydrogen-bond donors (Lipinski definition) is 2. The zero-order chi connectivity index (χ0) is 29.5. The second-order valence-electron chi connectivity index (χ2n) is 10.4. The van der Waals surface area contributed by atoms with Crippen molar-refractivity contribution in [2.45, 2.75) is 37.5 Å². The summed E-state index contributed by atoms with van der Waals surface area (Å²) in [5.41, 5.74) is 5.79. The molecule has 1 atom stereocenters. The molecule has 1 aliphatic carbocycles. The molecule has 1 unspecified atom stereocenters. The van der Waals surface area contributed by atoms with E-state index >= 15 is 0 Å². The smallest absolute Gasteiger partial charge is 0.355 e. The number of hydrogen-bond acceptors (Lipinski definition) is 6. The summed E-state index contributed by atoms with van der Waals surface area (Å²) >= 11 is -0.767. The molecule has 0 bridgehead atoms. The summed E-state index contributed by atoms with van der Waals surface area (Å²) in [7, 11) is 0. The molecule has 0 aliphatic heterocycles. The second-order valence-corrected chi connectivity index (χ2v) is 12.3. The maximum atomic E-state index is 14.8. The monoisotopic (exact) mass is 604 g/mol. The molecule has 6 rings (SSSR count). The Kier molecular flexibility index (Phi) is 7.67. The molecule has 0 radical (unpaired) electrons. The SMILES string of the molecule is Cc1ccc(-c2cccc(-c3nn(-c4nc(C(=O)O)cs4)c(CC4CC4)c3Cc3ccc([S+](N)[O-])c(F)c3)c2)cc1F. The molecule has 42 heavy (non-hydrogen) atoms. The van der Waals surface area contributed by atoms with Crippen molar-refractivity contribution in [3.8, 4) is 27.5 Å². The number of carboxylic acids is 1. The van der Waals surface area contributed by atoms with Gasteiger partial charge in [-0.05, 0) is 78.6 Å². The molecule has 7 nitrogen and oxygen atoms in total. The largest absolute Gasteiger partial charge is 0.593 e.